The number of carbonyl (C=O) groups is 2. The van der Waals surface area contributed by atoms with Crippen LogP contribution in [0.2, 0.25) is 0 Å². The number of carbonyl (C=O) groups excluding carboxylic acids is 2. The zero-order valence-electron chi connectivity index (χ0n) is 17.0. The van der Waals surface area contributed by atoms with Gasteiger partial charge in [0.15, 0.2) is 5.78 Å². The van der Waals surface area contributed by atoms with Gasteiger partial charge in [-0.05, 0) is 54.5 Å². The van der Waals surface area contributed by atoms with Gasteiger partial charge in [-0.2, -0.15) is 0 Å². The molecule has 152 valence electrons. The van der Waals surface area contributed by atoms with E-state index in [2.05, 4.69) is 41.8 Å². The van der Waals surface area contributed by atoms with E-state index in [1.807, 2.05) is 24.3 Å². The molecule has 1 aliphatic heterocycles. The number of piperidine rings is 1. The van der Waals surface area contributed by atoms with Gasteiger partial charge < -0.3 is 15.4 Å². The van der Waals surface area contributed by atoms with Crippen molar-refractivity contribution in [3.05, 3.63) is 59.7 Å². The van der Waals surface area contributed by atoms with E-state index in [1.54, 1.807) is 6.92 Å². The average molecular weight is 392 g/mol. The monoisotopic (exact) mass is 392 g/mol. The smallest absolute Gasteiger partial charge is 0.407 e. The second kappa shape index (κ2) is 8.37. The number of benzene rings is 2. The number of alkyl carbamates (subject to hydrolysis) is 1. The van der Waals surface area contributed by atoms with E-state index < -0.39 is 12.1 Å². The van der Waals surface area contributed by atoms with Crippen molar-refractivity contribution in [2.75, 3.05) is 13.2 Å². The summed E-state index contributed by atoms with van der Waals surface area (Å²) in [6.07, 6.45) is 1.35. The SMILES string of the molecule is CC1CCNC(C(=O)C(C)NC(=O)OCC2c3ccccc3-c3ccccc32)C1. The van der Waals surface area contributed by atoms with Crippen LogP contribution in [0.4, 0.5) is 4.79 Å². The van der Waals surface area contributed by atoms with Crippen molar-refractivity contribution in [1.29, 1.82) is 0 Å². The Morgan fingerprint density at radius 2 is 1.72 bits per heavy atom. The molecule has 1 fully saturated rings. The van der Waals surface area contributed by atoms with Crippen molar-refractivity contribution in [2.24, 2.45) is 5.92 Å². The van der Waals surface area contributed by atoms with Crippen molar-refractivity contribution >= 4 is 11.9 Å². The highest BCUT2D eigenvalue weighted by Crippen LogP contribution is 2.44. The fourth-order valence-corrected chi connectivity index (χ4v) is 4.51. The van der Waals surface area contributed by atoms with E-state index in [9.17, 15) is 9.59 Å². The Labute approximate surface area is 171 Å². The molecule has 2 aliphatic rings. The van der Waals surface area contributed by atoms with Gasteiger partial charge >= 0.3 is 6.09 Å². The highest BCUT2D eigenvalue weighted by molar-refractivity contribution is 5.91. The number of amides is 1. The molecule has 0 radical (unpaired) electrons. The Kier molecular flexibility index (Phi) is 5.67. The summed E-state index contributed by atoms with van der Waals surface area (Å²) < 4.78 is 5.55. The lowest BCUT2D eigenvalue weighted by Crippen LogP contribution is -2.51. The van der Waals surface area contributed by atoms with E-state index in [0.29, 0.717) is 5.92 Å². The minimum absolute atomic E-state index is 0.0139. The van der Waals surface area contributed by atoms with Crippen LogP contribution in [0.3, 0.4) is 0 Å². The molecule has 29 heavy (non-hydrogen) atoms. The summed E-state index contributed by atoms with van der Waals surface area (Å²) in [5, 5.41) is 5.97. The summed E-state index contributed by atoms with van der Waals surface area (Å²) in [6, 6.07) is 15.7. The maximum absolute atomic E-state index is 12.6. The van der Waals surface area contributed by atoms with Gasteiger partial charge in [-0.3, -0.25) is 4.79 Å². The fraction of sp³-hybridized carbons (Fsp3) is 0.417. The van der Waals surface area contributed by atoms with Crippen LogP contribution in [0.1, 0.15) is 43.7 Å². The molecule has 1 heterocycles. The van der Waals surface area contributed by atoms with Gasteiger partial charge in [-0.15, -0.1) is 0 Å². The second-order valence-electron chi connectivity index (χ2n) is 8.23. The molecule has 1 amide bonds. The second-order valence-corrected chi connectivity index (χ2v) is 8.23. The molecule has 2 aromatic rings. The van der Waals surface area contributed by atoms with Crippen molar-refractivity contribution < 1.29 is 14.3 Å². The summed E-state index contributed by atoms with van der Waals surface area (Å²) >= 11 is 0. The van der Waals surface area contributed by atoms with Gasteiger partial charge in [-0.1, -0.05) is 55.5 Å². The van der Waals surface area contributed by atoms with Crippen LogP contribution in [0.15, 0.2) is 48.5 Å². The Morgan fingerprint density at radius 1 is 1.10 bits per heavy atom. The molecule has 5 nitrogen and oxygen atoms in total. The van der Waals surface area contributed by atoms with Crippen LogP contribution in [0, 0.1) is 5.92 Å². The van der Waals surface area contributed by atoms with Crippen LogP contribution in [-0.4, -0.2) is 37.1 Å². The van der Waals surface area contributed by atoms with E-state index in [-0.39, 0.29) is 24.3 Å². The fourth-order valence-electron chi connectivity index (χ4n) is 4.51. The first-order valence-electron chi connectivity index (χ1n) is 10.4. The van der Waals surface area contributed by atoms with E-state index in [0.717, 1.165) is 19.4 Å². The predicted molar refractivity (Wildman–Crippen MR) is 113 cm³/mol. The Bertz CT molecular complexity index is 865. The molecule has 1 aliphatic carbocycles. The average Bonchev–Trinajstić information content (AvgIpc) is 3.05. The third-order valence-electron chi connectivity index (χ3n) is 6.11. The van der Waals surface area contributed by atoms with Gasteiger partial charge in [0.1, 0.15) is 6.61 Å². The molecule has 0 aromatic heterocycles. The largest absolute Gasteiger partial charge is 0.449 e. The Hall–Kier alpha value is -2.66. The molecular weight excluding hydrogens is 364 g/mol. The highest BCUT2D eigenvalue weighted by Gasteiger charge is 2.31. The normalized spacial score (nSPS) is 21.7. The van der Waals surface area contributed by atoms with Gasteiger partial charge in [-0.25, -0.2) is 4.79 Å². The van der Waals surface area contributed by atoms with Gasteiger partial charge in [0.25, 0.3) is 0 Å². The predicted octanol–water partition coefficient (Wildman–Crippen LogP) is 3.87. The van der Waals surface area contributed by atoms with Gasteiger partial charge in [0.2, 0.25) is 0 Å². The maximum Gasteiger partial charge on any atom is 0.407 e. The molecule has 5 heteroatoms. The third kappa shape index (κ3) is 4.06. The number of hydrogen-bond acceptors (Lipinski definition) is 4. The first-order chi connectivity index (χ1) is 14.0. The molecule has 0 spiro atoms. The molecule has 3 atom stereocenters. The first-order valence-corrected chi connectivity index (χ1v) is 10.4. The van der Waals surface area contributed by atoms with Crippen LogP contribution >= 0.6 is 0 Å². The summed E-state index contributed by atoms with van der Waals surface area (Å²) in [5.41, 5.74) is 4.73. The first kappa shape index (κ1) is 19.6. The zero-order chi connectivity index (χ0) is 20.4. The Morgan fingerprint density at radius 3 is 2.34 bits per heavy atom. The molecule has 2 aromatic carbocycles. The van der Waals surface area contributed by atoms with Gasteiger partial charge in [0.05, 0.1) is 12.1 Å². The number of fused-ring (bicyclic) bond motifs is 3. The van der Waals surface area contributed by atoms with Crippen LogP contribution in [0.5, 0.6) is 0 Å². The summed E-state index contributed by atoms with van der Waals surface area (Å²) in [5.74, 6) is 0.553. The number of ketones is 1. The van der Waals surface area contributed by atoms with Crippen LogP contribution < -0.4 is 10.6 Å². The minimum Gasteiger partial charge on any atom is -0.449 e. The number of Topliss-reactive ketones (excluding diaryl/α,β-unsaturated/α-hetero) is 1. The molecule has 3 unspecified atom stereocenters. The van der Waals surface area contributed by atoms with Crippen LogP contribution in [0.25, 0.3) is 11.1 Å². The standard InChI is InChI=1S/C24H28N2O3/c1-15-11-12-25-22(13-15)23(27)16(2)26-24(28)29-14-21-19-9-5-3-7-17(19)18-8-4-6-10-20(18)21/h3-10,15-16,21-22,25H,11-14H2,1-2H3,(H,26,28). The van der Waals surface area contributed by atoms with Crippen molar-refractivity contribution in [3.8, 4) is 11.1 Å². The lowest BCUT2D eigenvalue weighted by atomic mass is 9.90. The highest BCUT2D eigenvalue weighted by atomic mass is 16.5. The van der Waals surface area contributed by atoms with Crippen molar-refractivity contribution in [2.45, 2.75) is 44.7 Å². The van der Waals surface area contributed by atoms with Crippen molar-refractivity contribution in [3.63, 3.8) is 0 Å². The summed E-state index contributed by atoms with van der Waals surface area (Å²) in [4.78, 5) is 25.0. The minimum atomic E-state index is -0.576. The quantitative estimate of drug-likeness (QED) is 0.811. The van der Waals surface area contributed by atoms with E-state index in [4.69, 9.17) is 4.74 Å². The van der Waals surface area contributed by atoms with E-state index in [1.165, 1.54) is 22.3 Å². The topological polar surface area (TPSA) is 67.4 Å². The molecule has 2 N–H and O–H groups in total. The third-order valence-corrected chi connectivity index (χ3v) is 6.11. The molecule has 4 rings (SSSR count). The lowest BCUT2D eigenvalue weighted by Gasteiger charge is -2.29. The van der Waals surface area contributed by atoms with Crippen LogP contribution in [-0.2, 0) is 9.53 Å². The van der Waals surface area contributed by atoms with E-state index >= 15 is 0 Å². The molecule has 0 bridgehead atoms. The number of hydrogen-bond donors (Lipinski definition) is 2. The Balaban J connectivity index is 1.37. The number of rotatable bonds is 5. The zero-order valence-corrected chi connectivity index (χ0v) is 17.0. The van der Waals surface area contributed by atoms with Crippen molar-refractivity contribution in [1.82, 2.24) is 10.6 Å². The molecule has 0 saturated carbocycles. The maximum atomic E-state index is 12.6. The summed E-state index contributed by atoms with van der Waals surface area (Å²) in [6.45, 7) is 4.98. The number of nitrogens with one attached hydrogen (secondary N) is 2. The lowest BCUT2D eigenvalue weighted by molar-refractivity contribution is -0.123. The number of ether oxygens (including phenoxy) is 1. The summed E-state index contributed by atoms with van der Waals surface area (Å²) in [7, 11) is 0. The van der Waals surface area contributed by atoms with Gasteiger partial charge in [0, 0.05) is 5.92 Å². The molecular formula is C24H28N2O3. The molecule has 1 saturated heterocycles.